The van der Waals surface area contributed by atoms with Crippen LogP contribution >= 0.6 is 0 Å². The van der Waals surface area contributed by atoms with E-state index in [0.717, 1.165) is 11.7 Å². The number of rotatable bonds is 8. The molecule has 0 aliphatic carbocycles. The van der Waals surface area contributed by atoms with E-state index in [9.17, 15) is 0 Å². The lowest BCUT2D eigenvalue weighted by Crippen LogP contribution is -2.27. The average molecular weight is 549 g/mol. The van der Waals surface area contributed by atoms with Crippen molar-refractivity contribution < 1.29 is 4.74 Å². The molecule has 0 saturated heterocycles. The molecule has 226 valence electrons. The predicted octanol–water partition coefficient (Wildman–Crippen LogP) is 12.9. The van der Waals surface area contributed by atoms with Gasteiger partial charge in [0.25, 0.3) is 0 Å². The summed E-state index contributed by atoms with van der Waals surface area (Å²) in [5.74, 6) is 1.81. The first-order chi connectivity index (χ1) is 19.0. The highest BCUT2D eigenvalue weighted by Gasteiger charge is 2.30. The highest BCUT2D eigenvalue weighted by atomic mass is 16.5. The van der Waals surface area contributed by atoms with E-state index in [-0.39, 0.29) is 0 Å². The van der Waals surface area contributed by atoms with Gasteiger partial charge in [0.05, 0.1) is 0 Å². The normalized spacial score (nSPS) is 11.0. The maximum Gasteiger partial charge on any atom is 0.119 e. The van der Waals surface area contributed by atoms with E-state index < -0.39 is 0 Å². The largest absolute Gasteiger partial charge is 0.489 e. The van der Waals surface area contributed by atoms with E-state index in [1.54, 1.807) is 0 Å². The zero-order valence-corrected chi connectivity index (χ0v) is 28.6. The Hall–Kier alpha value is -2.54. The minimum Gasteiger partial charge on any atom is -0.489 e. The van der Waals surface area contributed by atoms with Crippen molar-refractivity contribution in [3.05, 3.63) is 102 Å². The monoisotopic (exact) mass is 548 g/mol. The summed E-state index contributed by atoms with van der Waals surface area (Å²) in [4.78, 5) is 0. The van der Waals surface area contributed by atoms with Crippen molar-refractivity contribution in [2.45, 2.75) is 122 Å². The second-order valence-corrected chi connectivity index (χ2v) is 11.8. The van der Waals surface area contributed by atoms with Gasteiger partial charge in [-0.3, -0.25) is 0 Å². The molecule has 0 saturated carbocycles. The van der Waals surface area contributed by atoms with Crippen molar-refractivity contribution in [3.8, 4) is 5.75 Å². The molecule has 1 atom stereocenters. The van der Waals surface area contributed by atoms with Crippen LogP contribution in [0.15, 0.2) is 84.9 Å². The second-order valence-electron chi connectivity index (χ2n) is 11.8. The van der Waals surface area contributed by atoms with Gasteiger partial charge in [-0.1, -0.05) is 179 Å². The van der Waals surface area contributed by atoms with E-state index in [1.807, 2.05) is 76.2 Å². The Balaban J connectivity index is 0. The molecule has 1 heteroatoms. The van der Waals surface area contributed by atoms with Gasteiger partial charge in [0.2, 0.25) is 0 Å². The van der Waals surface area contributed by atoms with Gasteiger partial charge in [-0.2, -0.15) is 0 Å². The molecule has 0 fully saturated rings. The van der Waals surface area contributed by atoms with Gasteiger partial charge < -0.3 is 4.74 Å². The van der Waals surface area contributed by atoms with Crippen molar-refractivity contribution in [3.63, 3.8) is 0 Å². The molecule has 0 N–H and O–H groups in total. The van der Waals surface area contributed by atoms with Gasteiger partial charge in [-0.05, 0) is 54.7 Å². The highest BCUT2D eigenvalue weighted by Crippen LogP contribution is 2.41. The highest BCUT2D eigenvalue weighted by molar-refractivity contribution is 5.26. The summed E-state index contributed by atoms with van der Waals surface area (Å²) >= 11 is 0. The Morgan fingerprint density at radius 2 is 1.07 bits per heavy atom. The molecule has 3 aromatic carbocycles. The van der Waals surface area contributed by atoms with Crippen LogP contribution in [0.4, 0.5) is 0 Å². The van der Waals surface area contributed by atoms with Crippen LogP contribution in [0.1, 0.15) is 119 Å². The maximum atomic E-state index is 5.65. The van der Waals surface area contributed by atoms with Crippen molar-refractivity contribution >= 4 is 0 Å². The molecular weight excluding hydrogens is 484 g/mol. The molecule has 0 heterocycles. The molecule has 3 rings (SSSR count). The van der Waals surface area contributed by atoms with E-state index >= 15 is 0 Å². The molecule has 1 nitrogen and oxygen atoms in total. The van der Waals surface area contributed by atoms with E-state index in [2.05, 4.69) is 98.7 Å². The summed E-state index contributed by atoms with van der Waals surface area (Å²) in [5.41, 5.74) is 4.76. The first kappa shape index (κ1) is 39.6. The third kappa shape index (κ3) is 20.4. The van der Waals surface area contributed by atoms with Crippen molar-refractivity contribution in [1.29, 1.82) is 0 Å². The van der Waals surface area contributed by atoms with Crippen LogP contribution in [0, 0.1) is 30.6 Å². The molecule has 1 unspecified atom stereocenters. The fourth-order valence-corrected chi connectivity index (χ4v) is 4.06. The average Bonchev–Trinajstić information content (AvgIpc) is 2.96. The van der Waals surface area contributed by atoms with Crippen molar-refractivity contribution in [1.82, 2.24) is 0 Å². The standard InChI is InChI=1S/C14H14O.C14H30.C7H8.2C2H6/c1-12-7-9-14(10-8-12)15-11-13-5-3-2-4-6-13;1-8-10-12(11-13(3,4)5)14(6,7)9-2;1-7-5-3-2-4-6-7;2*1-2/h2-10H,11H2,1H3;12H,8-11H2,1-7H3;2-6H,1H3;2*1-2H3. The fraction of sp³-hybridized carbons (Fsp3) is 0.538. The van der Waals surface area contributed by atoms with Gasteiger partial charge >= 0.3 is 0 Å². The molecule has 0 aliphatic heterocycles. The fourth-order valence-electron chi connectivity index (χ4n) is 4.06. The van der Waals surface area contributed by atoms with Crippen LogP contribution in [0.5, 0.6) is 5.75 Å². The summed E-state index contributed by atoms with van der Waals surface area (Å²) < 4.78 is 5.65. The smallest absolute Gasteiger partial charge is 0.119 e. The lowest BCUT2D eigenvalue weighted by Gasteiger charge is -2.37. The lowest BCUT2D eigenvalue weighted by atomic mass is 9.68. The van der Waals surface area contributed by atoms with E-state index in [1.165, 1.54) is 42.4 Å². The SMILES string of the molecule is CC.CC.CCCC(CC(C)(C)C)C(C)(C)CC.Cc1ccc(OCc2ccccc2)cc1.Cc1ccccc1. The third-order valence-electron chi connectivity index (χ3n) is 6.72. The Morgan fingerprint density at radius 1 is 0.625 bits per heavy atom. The summed E-state index contributed by atoms with van der Waals surface area (Å²) in [6.07, 6.45) is 5.37. The van der Waals surface area contributed by atoms with Crippen LogP contribution in [0.2, 0.25) is 0 Å². The molecule has 40 heavy (non-hydrogen) atoms. The first-order valence-corrected chi connectivity index (χ1v) is 15.7. The Kier molecular flexibility index (Phi) is 23.0. The molecule has 3 aromatic rings. The zero-order chi connectivity index (χ0) is 31.0. The number of ether oxygens (including phenoxy) is 1. The molecule has 0 spiro atoms. The molecule has 0 aliphatic rings. The van der Waals surface area contributed by atoms with Gasteiger partial charge in [-0.15, -0.1) is 0 Å². The minimum absolute atomic E-state index is 0.478. The summed E-state index contributed by atoms with van der Waals surface area (Å²) in [5, 5.41) is 0. The van der Waals surface area contributed by atoms with Crippen molar-refractivity contribution in [2.75, 3.05) is 0 Å². The summed E-state index contributed by atoms with van der Waals surface area (Å²) in [6, 6.07) is 28.5. The van der Waals surface area contributed by atoms with Crippen molar-refractivity contribution in [2.24, 2.45) is 16.7 Å². The summed E-state index contributed by atoms with van der Waals surface area (Å²) in [7, 11) is 0. The Bertz CT molecular complexity index is 918. The minimum atomic E-state index is 0.478. The quantitative estimate of drug-likeness (QED) is 0.272. The van der Waals surface area contributed by atoms with Crippen LogP contribution < -0.4 is 4.74 Å². The number of hydrogen-bond donors (Lipinski definition) is 0. The van der Waals surface area contributed by atoms with Gasteiger partial charge in [0, 0.05) is 0 Å². The van der Waals surface area contributed by atoms with Crippen LogP contribution in [-0.2, 0) is 6.61 Å². The molecule has 0 amide bonds. The molecular formula is C39H64O. The predicted molar refractivity (Wildman–Crippen MR) is 182 cm³/mol. The summed E-state index contributed by atoms with van der Waals surface area (Å²) in [6.45, 7) is 29.4. The van der Waals surface area contributed by atoms with Crippen LogP contribution in [-0.4, -0.2) is 0 Å². The molecule has 0 aromatic heterocycles. The Labute approximate surface area is 250 Å². The number of hydrogen-bond acceptors (Lipinski definition) is 1. The maximum absolute atomic E-state index is 5.65. The molecule has 0 bridgehead atoms. The Morgan fingerprint density at radius 3 is 1.45 bits per heavy atom. The van der Waals surface area contributed by atoms with Gasteiger partial charge in [0.15, 0.2) is 0 Å². The second kappa shape index (κ2) is 23.2. The third-order valence-corrected chi connectivity index (χ3v) is 6.72. The van der Waals surface area contributed by atoms with E-state index in [0.29, 0.717) is 17.4 Å². The van der Waals surface area contributed by atoms with Gasteiger partial charge in [0.1, 0.15) is 12.4 Å². The topological polar surface area (TPSA) is 9.23 Å². The van der Waals surface area contributed by atoms with Crippen LogP contribution in [0.3, 0.4) is 0 Å². The lowest BCUT2D eigenvalue weighted by molar-refractivity contribution is 0.132. The number of benzene rings is 3. The first-order valence-electron chi connectivity index (χ1n) is 15.7. The van der Waals surface area contributed by atoms with E-state index in [4.69, 9.17) is 4.74 Å². The number of aryl methyl sites for hydroxylation is 2. The van der Waals surface area contributed by atoms with Crippen LogP contribution in [0.25, 0.3) is 0 Å². The molecule has 0 radical (unpaired) electrons. The zero-order valence-electron chi connectivity index (χ0n) is 28.6. The van der Waals surface area contributed by atoms with Gasteiger partial charge in [-0.25, -0.2) is 0 Å².